The maximum absolute atomic E-state index is 12.8. The molecule has 0 unspecified atom stereocenters. The van der Waals surface area contributed by atoms with Crippen LogP contribution in [0.2, 0.25) is 0 Å². The van der Waals surface area contributed by atoms with Crippen molar-refractivity contribution in [3.8, 4) is 5.75 Å². The number of hydrogen-bond acceptors (Lipinski definition) is 4. The average Bonchev–Trinajstić information content (AvgIpc) is 3.18. The van der Waals surface area contributed by atoms with Gasteiger partial charge < -0.3 is 20.1 Å². The third-order valence-corrected chi connectivity index (χ3v) is 5.42. The first-order chi connectivity index (χ1) is 11.1. The summed E-state index contributed by atoms with van der Waals surface area (Å²) >= 11 is 0. The molecule has 4 rings (SSSR count). The van der Waals surface area contributed by atoms with Gasteiger partial charge in [-0.3, -0.25) is 9.59 Å². The lowest BCUT2D eigenvalue weighted by Gasteiger charge is -2.34. The van der Waals surface area contributed by atoms with Gasteiger partial charge in [0.2, 0.25) is 5.91 Å². The summed E-state index contributed by atoms with van der Waals surface area (Å²) in [7, 11) is 0. The Labute approximate surface area is 134 Å². The lowest BCUT2D eigenvalue weighted by molar-refractivity contribution is -0.135. The summed E-state index contributed by atoms with van der Waals surface area (Å²) in [5.41, 5.74) is 6.75. The summed E-state index contributed by atoms with van der Waals surface area (Å²) in [6.45, 7) is 2.60. The zero-order valence-corrected chi connectivity index (χ0v) is 12.9. The monoisotopic (exact) mass is 316 g/mol. The minimum atomic E-state index is -0.631. The van der Waals surface area contributed by atoms with E-state index in [0.29, 0.717) is 44.9 Å². The molecular formula is C17H20N2O4. The van der Waals surface area contributed by atoms with Gasteiger partial charge in [-0.05, 0) is 30.2 Å². The molecule has 0 radical (unpaired) electrons. The Bertz CT molecular complexity index is 675. The summed E-state index contributed by atoms with van der Waals surface area (Å²) < 4.78 is 11.0. The number of fused-ring (bicyclic) bond motifs is 2. The molecule has 6 heteroatoms. The van der Waals surface area contributed by atoms with Crippen LogP contribution in [-0.2, 0) is 16.0 Å². The van der Waals surface area contributed by atoms with Crippen molar-refractivity contribution in [1.29, 1.82) is 0 Å². The van der Waals surface area contributed by atoms with E-state index in [-0.39, 0.29) is 17.7 Å². The Hall–Kier alpha value is -2.08. The number of benzene rings is 1. The molecule has 0 saturated carbocycles. The van der Waals surface area contributed by atoms with Crippen LogP contribution in [0.4, 0.5) is 0 Å². The van der Waals surface area contributed by atoms with Gasteiger partial charge in [0.15, 0.2) is 0 Å². The molecule has 0 bridgehead atoms. The van der Waals surface area contributed by atoms with Gasteiger partial charge in [-0.15, -0.1) is 0 Å². The van der Waals surface area contributed by atoms with E-state index in [1.807, 2.05) is 12.1 Å². The van der Waals surface area contributed by atoms with Crippen LogP contribution in [0.3, 0.4) is 0 Å². The van der Waals surface area contributed by atoms with E-state index in [1.165, 1.54) is 0 Å². The largest absolute Gasteiger partial charge is 0.493 e. The van der Waals surface area contributed by atoms with Crippen molar-refractivity contribution in [2.75, 3.05) is 32.9 Å². The molecule has 3 heterocycles. The third kappa shape index (κ3) is 2.20. The average molecular weight is 316 g/mol. The second-order valence-electron chi connectivity index (χ2n) is 6.65. The van der Waals surface area contributed by atoms with Crippen LogP contribution in [0.1, 0.15) is 22.3 Å². The second-order valence-corrected chi connectivity index (χ2v) is 6.65. The molecule has 0 aromatic heterocycles. The fourth-order valence-electron chi connectivity index (χ4n) is 4.01. The Morgan fingerprint density at radius 1 is 1.30 bits per heavy atom. The zero-order valence-electron chi connectivity index (χ0n) is 12.9. The first-order valence-corrected chi connectivity index (χ1v) is 8.03. The number of nitrogens with zero attached hydrogens (tertiary/aromatic N) is 1. The number of rotatable bonds is 2. The molecule has 3 aliphatic heterocycles. The predicted octanol–water partition coefficient (Wildman–Crippen LogP) is 0.586. The first-order valence-electron chi connectivity index (χ1n) is 8.03. The maximum Gasteiger partial charge on any atom is 0.253 e. The molecule has 122 valence electrons. The Kier molecular flexibility index (Phi) is 3.30. The molecule has 0 aliphatic carbocycles. The molecule has 1 aromatic carbocycles. The second kappa shape index (κ2) is 5.23. The molecule has 1 aromatic rings. The highest BCUT2D eigenvalue weighted by Crippen LogP contribution is 2.42. The summed E-state index contributed by atoms with van der Waals surface area (Å²) in [5.74, 6) is 0.493. The fraction of sp³-hybridized carbons (Fsp3) is 0.529. The number of primary amides is 1. The van der Waals surface area contributed by atoms with Crippen LogP contribution in [0.25, 0.3) is 0 Å². The van der Waals surface area contributed by atoms with Crippen LogP contribution in [0.15, 0.2) is 18.2 Å². The lowest BCUT2D eigenvalue weighted by atomic mass is 9.74. The Morgan fingerprint density at radius 2 is 2.17 bits per heavy atom. The number of ether oxygens (including phenoxy) is 2. The van der Waals surface area contributed by atoms with E-state index in [4.69, 9.17) is 15.2 Å². The molecule has 2 amide bonds. The smallest absolute Gasteiger partial charge is 0.253 e. The van der Waals surface area contributed by atoms with Crippen molar-refractivity contribution in [3.63, 3.8) is 0 Å². The van der Waals surface area contributed by atoms with E-state index in [1.54, 1.807) is 11.0 Å². The number of carbonyl (C=O) groups excluding carboxylic acids is 2. The van der Waals surface area contributed by atoms with Crippen LogP contribution in [0, 0.1) is 11.3 Å². The van der Waals surface area contributed by atoms with Crippen molar-refractivity contribution in [2.24, 2.45) is 17.1 Å². The molecular weight excluding hydrogens is 296 g/mol. The van der Waals surface area contributed by atoms with Crippen LogP contribution >= 0.6 is 0 Å². The number of likely N-dealkylation sites (tertiary alicyclic amines) is 1. The van der Waals surface area contributed by atoms with Gasteiger partial charge in [-0.25, -0.2) is 0 Å². The molecule has 2 N–H and O–H groups in total. The molecule has 3 aliphatic rings. The van der Waals surface area contributed by atoms with E-state index >= 15 is 0 Å². The van der Waals surface area contributed by atoms with Gasteiger partial charge in [-0.2, -0.15) is 0 Å². The van der Waals surface area contributed by atoms with E-state index < -0.39 is 5.41 Å². The molecule has 6 nitrogen and oxygen atoms in total. The van der Waals surface area contributed by atoms with Crippen LogP contribution in [0.5, 0.6) is 5.75 Å². The third-order valence-electron chi connectivity index (χ3n) is 5.42. The van der Waals surface area contributed by atoms with Gasteiger partial charge in [0.1, 0.15) is 5.75 Å². The summed E-state index contributed by atoms with van der Waals surface area (Å²) in [6.07, 6.45) is 1.42. The van der Waals surface area contributed by atoms with Crippen molar-refractivity contribution >= 4 is 11.8 Å². The minimum absolute atomic E-state index is 0.00420. The SMILES string of the molecule is NC(=O)[C@]12CCOC[C@H]1CN(C(=O)c1ccc3c(c1)CCO3)C2. The molecule has 2 fully saturated rings. The van der Waals surface area contributed by atoms with E-state index in [0.717, 1.165) is 17.7 Å². The summed E-state index contributed by atoms with van der Waals surface area (Å²) in [5, 5.41) is 0. The first kappa shape index (κ1) is 14.5. The van der Waals surface area contributed by atoms with E-state index in [2.05, 4.69) is 0 Å². The molecule has 0 spiro atoms. The number of nitrogens with two attached hydrogens (primary N) is 1. The maximum atomic E-state index is 12.8. The van der Waals surface area contributed by atoms with E-state index in [9.17, 15) is 9.59 Å². The quantitative estimate of drug-likeness (QED) is 0.865. The highest BCUT2D eigenvalue weighted by Gasteiger charge is 2.53. The molecule has 2 atom stereocenters. The molecule has 2 saturated heterocycles. The van der Waals surface area contributed by atoms with Crippen LogP contribution < -0.4 is 10.5 Å². The van der Waals surface area contributed by atoms with Crippen molar-refractivity contribution in [3.05, 3.63) is 29.3 Å². The number of hydrogen-bond donors (Lipinski definition) is 1. The van der Waals surface area contributed by atoms with Crippen molar-refractivity contribution in [1.82, 2.24) is 4.90 Å². The standard InChI is InChI=1S/C17H20N2O4/c18-16(21)17-4-6-22-9-13(17)8-19(10-17)15(20)12-1-2-14-11(7-12)3-5-23-14/h1-2,7,13H,3-6,8-10H2,(H2,18,21)/t13-,17+/m1/s1. The van der Waals surface area contributed by atoms with Gasteiger partial charge >= 0.3 is 0 Å². The minimum Gasteiger partial charge on any atom is -0.493 e. The Morgan fingerprint density at radius 3 is 2.96 bits per heavy atom. The summed E-state index contributed by atoms with van der Waals surface area (Å²) in [4.78, 5) is 26.6. The topological polar surface area (TPSA) is 81.9 Å². The van der Waals surface area contributed by atoms with Gasteiger partial charge in [0, 0.05) is 37.6 Å². The highest BCUT2D eigenvalue weighted by molar-refractivity contribution is 5.96. The van der Waals surface area contributed by atoms with Crippen LogP contribution in [-0.4, -0.2) is 49.6 Å². The fourth-order valence-corrected chi connectivity index (χ4v) is 4.01. The normalized spacial score (nSPS) is 28.9. The predicted molar refractivity (Wildman–Crippen MR) is 82.1 cm³/mol. The van der Waals surface area contributed by atoms with Gasteiger partial charge in [0.25, 0.3) is 5.91 Å². The number of amides is 2. The Balaban J connectivity index is 1.59. The highest BCUT2D eigenvalue weighted by atomic mass is 16.5. The van der Waals surface area contributed by atoms with Crippen molar-refractivity contribution < 1.29 is 19.1 Å². The number of carbonyl (C=O) groups is 2. The van der Waals surface area contributed by atoms with Gasteiger partial charge in [0.05, 0.1) is 18.6 Å². The lowest BCUT2D eigenvalue weighted by Crippen LogP contribution is -2.48. The molecule has 23 heavy (non-hydrogen) atoms. The van der Waals surface area contributed by atoms with Crippen molar-refractivity contribution in [2.45, 2.75) is 12.8 Å². The zero-order chi connectivity index (χ0) is 16.0. The summed E-state index contributed by atoms with van der Waals surface area (Å²) in [6, 6.07) is 5.55. The van der Waals surface area contributed by atoms with Gasteiger partial charge in [-0.1, -0.05) is 0 Å².